The Bertz CT molecular complexity index is 974. The summed E-state index contributed by atoms with van der Waals surface area (Å²) in [5, 5.41) is 9.70. The van der Waals surface area contributed by atoms with Crippen LogP contribution in [0.4, 0.5) is 5.69 Å². The van der Waals surface area contributed by atoms with Crippen molar-refractivity contribution in [1.29, 1.82) is 0 Å². The molecule has 1 aromatic carbocycles. The van der Waals surface area contributed by atoms with E-state index in [0.29, 0.717) is 20.8 Å². The maximum Gasteiger partial charge on any atom is 0.237 e. The Balaban J connectivity index is 1.55. The number of hydrogen-bond donors (Lipinski definition) is 0. The summed E-state index contributed by atoms with van der Waals surface area (Å²) in [6.07, 6.45) is 2.58. The third kappa shape index (κ3) is 2.99. The van der Waals surface area contributed by atoms with E-state index in [1.165, 1.54) is 17.3 Å². The first-order chi connectivity index (χ1) is 12.0. The van der Waals surface area contributed by atoms with Crippen LogP contribution in [0.25, 0.3) is 5.65 Å². The molecule has 128 valence electrons. The van der Waals surface area contributed by atoms with Crippen LogP contribution in [0.3, 0.4) is 0 Å². The minimum absolute atomic E-state index is 0.0484. The average molecular weight is 393 g/mol. The number of pyridine rings is 1. The van der Waals surface area contributed by atoms with Crippen molar-refractivity contribution in [2.75, 3.05) is 10.7 Å². The van der Waals surface area contributed by atoms with Gasteiger partial charge in [0.05, 0.1) is 15.8 Å². The number of para-hydroxylation sites is 1. The van der Waals surface area contributed by atoms with Crippen LogP contribution in [0, 0.1) is 0 Å². The monoisotopic (exact) mass is 392 g/mol. The van der Waals surface area contributed by atoms with E-state index in [-0.39, 0.29) is 17.7 Å². The summed E-state index contributed by atoms with van der Waals surface area (Å²) in [6, 6.07) is 9.81. The minimum atomic E-state index is 0.0484. The molecule has 3 aromatic rings. The molecule has 0 radical (unpaired) electrons. The van der Waals surface area contributed by atoms with Crippen molar-refractivity contribution in [3.8, 4) is 0 Å². The van der Waals surface area contributed by atoms with Crippen molar-refractivity contribution in [3.63, 3.8) is 0 Å². The van der Waals surface area contributed by atoms with Gasteiger partial charge >= 0.3 is 0 Å². The van der Waals surface area contributed by atoms with Crippen molar-refractivity contribution >= 4 is 52.2 Å². The highest BCUT2D eigenvalue weighted by molar-refractivity contribution is 7.99. The molecular weight excluding hydrogens is 379 g/mol. The van der Waals surface area contributed by atoms with Gasteiger partial charge in [-0.3, -0.25) is 9.20 Å². The van der Waals surface area contributed by atoms with E-state index in [4.69, 9.17) is 23.2 Å². The number of aromatic nitrogens is 3. The van der Waals surface area contributed by atoms with Crippen LogP contribution in [0.2, 0.25) is 10.0 Å². The number of carbonyl (C=O) groups excluding carboxylic acids is 1. The molecule has 0 N–H and O–H groups in total. The van der Waals surface area contributed by atoms with Gasteiger partial charge in [0.15, 0.2) is 10.8 Å². The standard InChI is InChI=1S/C17H14Cl2N4OS/c1-10-6-11-4-2-3-5-14(11)23(10)15(24)9-25-17-21-20-16-13(19)7-12(18)8-22(16)17/h2-5,7-8,10H,6,9H2,1H3/t10-/m0/s1. The van der Waals surface area contributed by atoms with Crippen molar-refractivity contribution < 1.29 is 4.79 Å². The van der Waals surface area contributed by atoms with Gasteiger partial charge in [0.25, 0.3) is 0 Å². The second-order valence-electron chi connectivity index (χ2n) is 5.92. The van der Waals surface area contributed by atoms with E-state index < -0.39 is 0 Å². The van der Waals surface area contributed by atoms with Gasteiger partial charge in [-0.1, -0.05) is 53.2 Å². The number of benzene rings is 1. The van der Waals surface area contributed by atoms with Gasteiger partial charge in [0, 0.05) is 17.9 Å². The predicted octanol–water partition coefficient (Wildman–Crippen LogP) is 4.11. The quantitative estimate of drug-likeness (QED) is 0.629. The maximum atomic E-state index is 12.8. The third-order valence-corrected chi connectivity index (χ3v) is 5.61. The molecule has 2 aromatic heterocycles. The Morgan fingerprint density at radius 2 is 2.12 bits per heavy atom. The molecule has 8 heteroatoms. The van der Waals surface area contributed by atoms with Gasteiger partial charge in [-0.2, -0.15) is 0 Å². The lowest BCUT2D eigenvalue weighted by atomic mass is 10.1. The van der Waals surface area contributed by atoms with Crippen LogP contribution in [0.15, 0.2) is 41.7 Å². The number of rotatable bonds is 3. The highest BCUT2D eigenvalue weighted by atomic mass is 35.5. The number of amides is 1. The highest BCUT2D eigenvalue weighted by Gasteiger charge is 2.30. The summed E-state index contributed by atoms with van der Waals surface area (Å²) in [5.41, 5.74) is 2.73. The molecule has 25 heavy (non-hydrogen) atoms. The summed E-state index contributed by atoms with van der Waals surface area (Å²) >= 11 is 13.5. The van der Waals surface area contributed by atoms with Crippen LogP contribution in [-0.2, 0) is 11.2 Å². The maximum absolute atomic E-state index is 12.8. The number of halogens is 2. The molecule has 1 aliphatic rings. The molecule has 1 atom stereocenters. The topological polar surface area (TPSA) is 50.5 Å². The normalized spacial score (nSPS) is 16.4. The molecule has 0 bridgehead atoms. The van der Waals surface area contributed by atoms with Gasteiger partial charge in [0.1, 0.15) is 0 Å². The van der Waals surface area contributed by atoms with Crippen molar-refractivity contribution in [3.05, 3.63) is 52.1 Å². The van der Waals surface area contributed by atoms with Crippen molar-refractivity contribution in [2.24, 2.45) is 0 Å². The Morgan fingerprint density at radius 3 is 2.96 bits per heavy atom. The SMILES string of the molecule is C[C@H]1Cc2ccccc2N1C(=O)CSc1nnc2c(Cl)cc(Cl)cn12. The molecule has 4 rings (SSSR count). The molecule has 0 saturated heterocycles. The molecule has 0 unspecified atom stereocenters. The first-order valence-electron chi connectivity index (χ1n) is 7.77. The lowest BCUT2D eigenvalue weighted by Crippen LogP contribution is -2.37. The summed E-state index contributed by atoms with van der Waals surface area (Å²) < 4.78 is 1.71. The number of thioether (sulfide) groups is 1. The smallest absolute Gasteiger partial charge is 0.237 e. The number of anilines is 1. The average Bonchev–Trinajstić information content (AvgIpc) is 3.12. The zero-order valence-corrected chi connectivity index (χ0v) is 15.6. The number of hydrogen-bond acceptors (Lipinski definition) is 4. The van der Waals surface area contributed by atoms with Crippen LogP contribution >= 0.6 is 35.0 Å². The fourth-order valence-corrected chi connectivity index (χ4v) is 4.42. The van der Waals surface area contributed by atoms with E-state index in [1.54, 1.807) is 16.7 Å². The van der Waals surface area contributed by atoms with Crippen molar-refractivity contribution in [2.45, 2.75) is 24.5 Å². The second-order valence-corrected chi connectivity index (χ2v) is 7.70. The van der Waals surface area contributed by atoms with Crippen LogP contribution in [0.5, 0.6) is 0 Å². The number of carbonyl (C=O) groups is 1. The Morgan fingerprint density at radius 1 is 1.32 bits per heavy atom. The van der Waals surface area contributed by atoms with Gasteiger partial charge in [0.2, 0.25) is 5.91 Å². The largest absolute Gasteiger partial charge is 0.308 e. The van der Waals surface area contributed by atoms with Crippen LogP contribution in [-0.4, -0.2) is 32.3 Å². The molecule has 5 nitrogen and oxygen atoms in total. The van der Waals surface area contributed by atoms with E-state index in [0.717, 1.165) is 12.1 Å². The summed E-state index contributed by atoms with van der Waals surface area (Å²) in [7, 11) is 0. The molecule has 1 amide bonds. The Labute approximate surface area is 158 Å². The lowest BCUT2D eigenvalue weighted by molar-refractivity contribution is -0.116. The predicted molar refractivity (Wildman–Crippen MR) is 101 cm³/mol. The van der Waals surface area contributed by atoms with Crippen LogP contribution < -0.4 is 4.90 Å². The van der Waals surface area contributed by atoms with E-state index in [2.05, 4.69) is 23.2 Å². The number of fused-ring (bicyclic) bond motifs is 2. The van der Waals surface area contributed by atoms with Gasteiger partial charge in [-0.05, 0) is 31.0 Å². The zero-order chi connectivity index (χ0) is 17.6. The molecule has 0 saturated carbocycles. The van der Waals surface area contributed by atoms with Gasteiger partial charge < -0.3 is 4.90 Å². The fourth-order valence-electron chi connectivity index (χ4n) is 3.14. The lowest BCUT2D eigenvalue weighted by Gasteiger charge is -2.22. The molecular formula is C17H14Cl2N4OS. The first kappa shape index (κ1) is 16.7. The number of nitrogens with zero attached hydrogens (tertiary/aromatic N) is 4. The minimum Gasteiger partial charge on any atom is -0.308 e. The molecule has 1 aliphatic heterocycles. The van der Waals surface area contributed by atoms with Crippen LogP contribution in [0.1, 0.15) is 12.5 Å². The summed E-state index contributed by atoms with van der Waals surface area (Å²) in [6.45, 7) is 2.06. The second kappa shape index (κ2) is 6.52. The van der Waals surface area contributed by atoms with E-state index in [9.17, 15) is 4.79 Å². The Kier molecular flexibility index (Phi) is 4.35. The fraction of sp³-hybridized carbons (Fsp3) is 0.235. The van der Waals surface area contributed by atoms with E-state index >= 15 is 0 Å². The van der Waals surface area contributed by atoms with Gasteiger partial charge in [-0.15, -0.1) is 10.2 Å². The summed E-state index contributed by atoms with van der Waals surface area (Å²) in [4.78, 5) is 14.6. The zero-order valence-electron chi connectivity index (χ0n) is 13.3. The van der Waals surface area contributed by atoms with Gasteiger partial charge in [-0.25, -0.2) is 0 Å². The summed E-state index contributed by atoms with van der Waals surface area (Å²) in [5.74, 6) is 0.316. The Hall–Kier alpha value is -1.76. The molecule has 0 aliphatic carbocycles. The molecule has 3 heterocycles. The highest BCUT2D eigenvalue weighted by Crippen LogP contribution is 2.33. The first-order valence-corrected chi connectivity index (χ1v) is 9.51. The molecule has 0 spiro atoms. The van der Waals surface area contributed by atoms with Crippen molar-refractivity contribution in [1.82, 2.24) is 14.6 Å². The third-order valence-electron chi connectivity index (χ3n) is 4.20. The van der Waals surface area contributed by atoms with E-state index in [1.807, 2.05) is 23.1 Å². The molecule has 0 fully saturated rings.